The van der Waals surface area contributed by atoms with Crippen LogP contribution >= 0.6 is 15.6 Å². The zero-order chi connectivity index (χ0) is 72.4. The van der Waals surface area contributed by atoms with Crippen molar-refractivity contribution in [1.82, 2.24) is 0 Å². The molecule has 3 N–H and O–H groups in total. The highest BCUT2D eigenvalue weighted by Crippen LogP contribution is 2.45. The Balaban J connectivity index is 5.20. The molecule has 0 bridgehead atoms. The zero-order valence-electron chi connectivity index (χ0n) is 64.4. The van der Waals surface area contributed by atoms with Crippen LogP contribution < -0.4 is 0 Å². The molecule has 98 heavy (non-hydrogen) atoms. The first-order chi connectivity index (χ1) is 47.2. The van der Waals surface area contributed by atoms with Gasteiger partial charge in [-0.05, 0) is 49.4 Å². The number of esters is 4. The normalized spacial score (nSPS) is 14.6. The Kier molecular flexibility index (Phi) is 66.8. The van der Waals surface area contributed by atoms with Gasteiger partial charge in [-0.25, -0.2) is 9.13 Å². The number of aliphatic hydroxyl groups is 1. The van der Waals surface area contributed by atoms with Crippen molar-refractivity contribution >= 4 is 39.5 Å². The van der Waals surface area contributed by atoms with E-state index in [1.165, 1.54) is 199 Å². The third-order valence-electron chi connectivity index (χ3n) is 19.0. The van der Waals surface area contributed by atoms with E-state index in [0.717, 1.165) is 120 Å². The molecule has 0 radical (unpaired) electrons. The maximum absolute atomic E-state index is 13.1. The molecule has 0 aromatic rings. The Hall–Kier alpha value is -1.94. The highest BCUT2D eigenvalue weighted by molar-refractivity contribution is 7.47. The van der Waals surface area contributed by atoms with Crippen LogP contribution in [-0.2, 0) is 65.4 Å². The lowest BCUT2D eigenvalue weighted by molar-refractivity contribution is -0.161. The quantitative estimate of drug-likeness (QED) is 0.0222. The van der Waals surface area contributed by atoms with Crippen molar-refractivity contribution in [3.05, 3.63) is 0 Å². The summed E-state index contributed by atoms with van der Waals surface area (Å²) < 4.78 is 68.6. The monoisotopic (exact) mass is 1440 g/mol. The van der Waals surface area contributed by atoms with Gasteiger partial charge < -0.3 is 33.8 Å². The fraction of sp³-hybridized carbons (Fsp3) is 0.949. The Morgan fingerprint density at radius 3 is 0.724 bits per heavy atom. The average Bonchev–Trinajstić information content (AvgIpc) is 0.926. The number of rotatable bonds is 76. The van der Waals surface area contributed by atoms with Crippen molar-refractivity contribution in [3.63, 3.8) is 0 Å². The lowest BCUT2D eigenvalue weighted by atomic mass is 9.99. The largest absolute Gasteiger partial charge is 0.472 e. The van der Waals surface area contributed by atoms with Gasteiger partial charge in [0.15, 0.2) is 12.2 Å². The van der Waals surface area contributed by atoms with Crippen LogP contribution in [0.4, 0.5) is 0 Å². The minimum absolute atomic E-state index is 0.105. The number of unbranched alkanes of at least 4 members (excludes halogenated alkanes) is 40. The molecule has 19 heteroatoms. The number of carbonyl (C=O) groups excluding carboxylic acids is 4. The third kappa shape index (κ3) is 69.8. The zero-order valence-corrected chi connectivity index (χ0v) is 66.2. The summed E-state index contributed by atoms with van der Waals surface area (Å²) in [6, 6.07) is 0. The van der Waals surface area contributed by atoms with Crippen LogP contribution in [0.2, 0.25) is 0 Å². The van der Waals surface area contributed by atoms with E-state index in [4.69, 9.17) is 37.0 Å². The fourth-order valence-electron chi connectivity index (χ4n) is 12.0. The first kappa shape index (κ1) is 96.1. The average molecular weight is 1440 g/mol. The summed E-state index contributed by atoms with van der Waals surface area (Å²) in [7, 11) is -9.92. The summed E-state index contributed by atoms with van der Waals surface area (Å²) in [5.74, 6) is 0.992. The molecule has 0 saturated carbocycles. The molecule has 0 fully saturated rings. The summed E-state index contributed by atoms with van der Waals surface area (Å²) in [5.41, 5.74) is 0. The molecule has 0 aromatic carbocycles. The molecule has 0 aliphatic carbocycles. The van der Waals surface area contributed by atoms with Crippen molar-refractivity contribution in [2.45, 2.75) is 420 Å². The van der Waals surface area contributed by atoms with Gasteiger partial charge in [-0.2, -0.15) is 0 Å². The van der Waals surface area contributed by atoms with E-state index in [2.05, 4.69) is 55.4 Å². The Morgan fingerprint density at radius 2 is 0.490 bits per heavy atom. The number of carbonyl (C=O) groups is 4. The SMILES string of the molecule is CCC(C)CCCCCCCCCCCCCCCCCCCCC(=O)O[C@H](COC(=O)CCCCCCCCCCCC(C)C)COP(=O)(O)OC[C@@H](O)COP(=O)(O)OC[C@@H](COC(=O)CCCCCCCCC(C)CC)OC(=O)CCCCCCCCCCCCCC(C)C. The van der Waals surface area contributed by atoms with Gasteiger partial charge in [-0.1, -0.05) is 351 Å². The molecule has 0 amide bonds. The molecule has 4 unspecified atom stereocenters. The van der Waals surface area contributed by atoms with Gasteiger partial charge in [0, 0.05) is 25.7 Å². The molecular formula is C79H154O17P2. The lowest BCUT2D eigenvalue weighted by Gasteiger charge is -2.21. The van der Waals surface area contributed by atoms with Crippen LogP contribution in [0.25, 0.3) is 0 Å². The Bertz CT molecular complexity index is 1920. The Morgan fingerprint density at radius 1 is 0.286 bits per heavy atom. The first-order valence-corrected chi connectivity index (χ1v) is 43.8. The van der Waals surface area contributed by atoms with Gasteiger partial charge in [0.2, 0.25) is 0 Å². The predicted octanol–water partition coefficient (Wildman–Crippen LogP) is 23.2. The van der Waals surface area contributed by atoms with Crippen molar-refractivity contribution in [2.24, 2.45) is 23.7 Å². The van der Waals surface area contributed by atoms with E-state index < -0.39 is 97.5 Å². The molecule has 0 aliphatic rings. The van der Waals surface area contributed by atoms with E-state index in [1.54, 1.807) is 0 Å². The topological polar surface area (TPSA) is 237 Å². The number of phosphoric acid groups is 2. The van der Waals surface area contributed by atoms with Gasteiger partial charge in [0.05, 0.1) is 26.4 Å². The minimum Gasteiger partial charge on any atom is -0.462 e. The smallest absolute Gasteiger partial charge is 0.462 e. The minimum atomic E-state index is -4.96. The molecule has 582 valence electrons. The number of phosphoric ester groups is 2. The molecule has 0 aliphatic heterocycles. The van der Waals surface area contributed by atoms with E-state index in [9.17, 15) is 43.2 Å². The van der Waals surface area contributed by atoms with E-state index in [1.807, 2.05) is 0 Å². The van der Waals surface area contributed by atoms with Crippen molar-refractivity contribution in [3.8, 4) is 0 Å². The predicted molar refractivity (Wildman–Crippen MR) is 400 cm³/mol. The summed E-state index contributed by atoms with van der Waals surface area (Å²) in [4.78, 5) is 72.9. The van der Waals surface area contributed by atoms with E-state index in [0.29, 0.717) is 25.7 Å². The maximum atomic E-state index is 13.1. The molecule has 0 aromatic heterocycles. The molecule has 0 heterocycles. The number of hydrogen-bond donors (Lipinski definition) is 3. The molecule has 0 saturated heterocycles. The van der Waals surface area contributed by atoms with E-state index in [-0.39, 0.29) is 25.7 Å². The van der Waals surface area contributed by atoms with Gasteiger partial charge in [-0.15, -0.1) is 0 Å². The number of hydrogen-bond acceptors (Lipinski definition) is 15. The highest BCUT2D eigenvalue weighted by Gasteiger charge is 2.30. The van der Waals surface area contributed by atoms with Crippen molar-refractivity contribution in [1.29, 1.82) is 0 Å². The van der Waals surface area contributed by atoms with Crippen LogP contribution in [-0.4, -0.2) is 96.7 Å². The molecule has 17 nitrogen and oxygen atoms in total. The van der Waals surface area contributed by atoms with Crippen LogP contribution in [0.5, 0.6) is 0 Å². The van der Waals surface area contributed by atoms with Gasteiger partial charge >= 0.3 is 39.5 Å². The summed E-state index contributed by atoms with van der Waals surface area (Å²) in [5, 5.41) is 10.6. The first-order valence-electron chi connectivity index (χ1n) is 40.8. The standard InChI is InChI=1S/C79H154O17P2/c1-9-71(7)57-49-41-33-27-21-17-15-13-11-12-14-16-18-22-28-35-45-53-61-78(83)95-74(65-89-76(81)59-51-43-34-30-24-26-32-40-48-56-70(5)6)67-93-97(85,86)91-63-73(80)64-92-98(87,88)94-68-75(66-90-77(82)60-52-44-38-37-42-50-58-72(8)10-2)96-79(84)62-54-46-36-29-23-19-20-25-31-39-47-55-69(3)4/h69-75,80H,9-68H2,1-8H3,(H,85,86)(H,87,88)/t71?,72?,73-,74-,75-/m1/s1. The van der Waals surface area contributed by atoms with Crippen LogP contribution in [0.1, 0.15) is 402 Å². The second-order valence-corrected chi connectivity index (χ2v) is 32.8. The summed E-state index contributed by atoms with van der Waals surface area (Å²) in [6.07, 6.45) is 54.2. The second-order valence-electron chi connectivity index (χ2n) is 29.9. The van der Waals surface area contributed by atoms with Crippen LogP contribution in [0.3, 0.4) is 0 Å². The summed E-state index contributed by atoms with van der Waals surface area (Å²) in [6.45, 7) is 14.2. The van der Waals surface area contributed by atoms with Gasteiger partial charge in [0.25, 0.3) is 0 Å². The maximum Gasteiger partial charge on any atom is 0.472 e. The summed E-state index contributed by atoms with van der Waals surface area (Å²) >= 11 is 0. The van der Waals surface area contributed by atoms with E-state index >= 15 is 0 Å². The Labute approximate surface area is 600 Å². The molecule has 7 atom stereocenters. The van der Waals surface area contributed by atoms with Crippen LogP contribution in [0, 0.1) is 23.7 Å². The second kappa shape index (κ2) is 68.2. The highest BCUT2D eigenvalue weighted by atomic mass is 31.2. The molecular weight excluding hydrogens is 1280 g/mol. The third-order valence-corrected chi connectivity index (χ3v) is 20.9. The van der Waals surface area contributed by atoms with Crippen molar-refractivity contribution in [2.75, 3.05) is 39.6 Å². The van der Waals surface area contributed by atoms with Gasteiger partial charge in [-0.3, -0.25) is 37.3 Å². The fourth-order valence-corrected chi connectivity index (χ4v) is 13.6. The van der Waals surface area contributed by atoms with Gasteiger partial charge in [0.1, 0.15) is 19.3 Å². The number of aliphatic hydroxyl groups excluding tert-OH is 1. The lowest BCUT2D eigenvalue weighted by Crippen LogP contribution is -2.30. The molecule has 0 spiro atoms. The number of ether oxygens (including phenoxy) is 4. The van der Waals surface area contributed by atoms with Crippen LogP contribution in [0.15, 0.2) is 0 Å². The molecule has 0 rings (SSSR count). The van der Waals surface area contributed by atoms with Crippen molar-refractivity contribution < 1.29 is 80.2 Å².